The van der Waals surface area contributed by atoms with Gasteiger partial charge in [0.05, 0.1) is 14.9 Å². The van der Waals surface area contributed by atoms with E-state index in [0.29, 0.717) is 5.69 Å². The summed E-state index contributed by atoms with van der Waals surface area (Å²) in [6.45, 7) is 1.99. The van der Waals surface area contributed by atoms with Crippen LogP contribution in [0.4, 0.5) is 30.2 Å². The van der Waals surface area contributed by atoms with Crippen LogP contribution in [0.25, 0.3) is 0 Å². The molecule has 1 aliphatic rings. The minimum Gasteiger partial charge on any atom is -0.362 e. The molecule has 1 N–H and O–H groups in total. The minimum atomic E-state index is -4.62. The smallest absolute Gasteiger partial charge is 0.362 e. The van der Waals surface area contributed by atoms with Crippen molar-refractivity contribution < 1.29 is 25.9 Å². The monoisotopic (exact) mass is 586 g/mol. The van der Waals surface area contributed by atoms with Gasteiger partial charge in [0.2, 0.25) is 6.17 Å². The third-order valence-corrected chi connectivity index (χ3v) is 8.17. The molecule has 2 unspecified atom stereocenters. The van der Waals surface area contributed by atoms with Crippen LogP contribution in [-0.4, -0.2) is 33.8 Å². The molecule has 6 nitrogen and oxygen atoms in total. The molecule has 0 radical (unpaired) electrons. The maximum Gasteiger partial charge on any atom is 0.406 e. The van der Waals surface area contributed by atoms with Crippen LogP contribution in [0.3, 0.4) is 0 Å². The van der Waals surface area contributed by atoms with Crippen molar-refractivity contribution in [2.24, 2.45) is 0 Å². The van der Waals surface area contributed by atoms with Gasteiger partial charge in [0, 0.05) is 24.0 Å². The highest BCUT2D eigenvalue weighted by molar-refractivity contribution is 7.86. The van der Waals surface area contributed by atoms with Crippen molar-refractivity contribution in [2.75, 3.05) is 23.3 Å². The molecule has 202 valence electrons. The highest BCUT2D eigenvalue weighted by atomic mass is 35.5. The van der Waals surface area contributed by atoms with E-state index in [1.807, 2.05) is 6.07 Å². The average Bonchev–Trinajstić information content (AvgIpc) is 3.07. The Morgan fingerprint density at radius 1 is 1.05 bits per heavy atom. The molecule has 4 rings (SSSR count). The zero-order valence-electron chi connectivity index (χ0n) is 20.4. The van der Waals surface area contributed by atoms with Crippen LogP contribution >= 0.6 is 23.2 Å². The topological polar surface area (TPSA) is 58.6 Å². The zero-order valence-corrected chi connectivity index (χ0v) is 22.7. The summed E-state index contributed by atoms with van der Waals surface area (Å²) in [7, 11) is -4.44. The molecule has 0 saturated heterocycles. The maximum absolute atomic E-state index is 13.8. The number of nitrogens with zero attached hydrogens (tertiary/aromatic N) is 2. The summed E-state index contributed by atoms with van der Waals surface area (Å²) in [5, 5.41) is 3.09. The number of rotatable bonds is 8. The maximum atomic E-state index is 13.8. The Hall–Kier alpha value is -2.76. The summed E-state index contributed by atoms with van der Waals surface area (Å²) in [4.78, 5) is 0.893. The van der Waals surface area contributed by atoms with E-state index in [-0.39, 0.29) is 32.9 Å². The minimum absolute atomic E-state index is 0.0280. The molecule has 0 spiro atoms. The van der Waals surface area contributed by atoms with Gasteiger partial charge in [0.25, 0.3) is 0 Å². The fourth-order valence-electron chi connectivity index (χ4n) is 4.37. The van der Waals surface area contributed by atoms with Crippen molar-refractivity contribution in [1.82, 2.24) is 4.65 Å². The lowest BCUT2D eigenvalue weighted by molar-refractivity contribution is -0.125. The zero-order chi connectivity index (χ0) is 27.7. The molecule has 2 atom stereocenters. The van der Waals surface area contributed by atoms with Crippen molar-refractivity contribution >= 4 is 50.4 Å². The van der Waals surface area contributed by atoms with Gasteiger partial charge in [0.15, 0.2) is 5.69 Å². The molecule has 0 aliphatic carbocycles. The second-order valence-corrected chi connectivity index (χ2v) is 11.1. The number of hydrogen-bond acceptors (Lipinski definition) is 5. The summed E-state index contributed by atoms with van der Waals surface area (Å²) in [6, 6.07) is 17.6. The second-order valence-electron chi connectivity index (χ2n) is 8.73. The van der Waals surface area contributed by atoms with Crippen LogP contribution in [0.15, 0.2) is 83.9 Å². The lowest BCUT2D eigenvalue weighted by Crippen LogP contribution is -2.60. The first-order chi connectivity index (χ1) is 17.9. The van der Waals surface area contributed by atoms with Gasteiger partial charge in [-0.15, -0.1) is 4.65 Å². The SMILES string of the molecule is CC[N+]1(OS(=O)(=O)c2ccc(C)cc2)c2cc(Cl)c(Cl)cc2N(CC(F)(F)F)C1C=CNc1ccccc1. The lowest BCUT2D eigenvalue weighted by Gasteiger charge is -2.35. The number of hydroxylamine groups is 2. The van der Waals surface area contributed by atoms with E-state index >= 15 is 0 Å². The number of hydrogen-bond donors (Lipinski definition) is 1. The van der Waals surface area contributed by atoms with Crippen molar-refractivity contribution in [2.45, 2.75) is 31.1 Å². The molecular formula is C26H25Cl2F3N3O3S+. The molecule has 1 aliphatic heterocycles. The van der Waals surface area contributed by atoms with Gasteiger partial charge >= 0.3 is 16.3 Å². The Morgan fingerprint density at radius 3 is 2.29 bits per heavy atom. The molecule has 0 saturated carbocycles. The number of quaternary nitrogens is 1. The van der Waals surface area contributed by atoms with Gasteiger partial charge in [-0.1, -0.05) is 63.4 Å². The number of likely N-dealkylation sites (N-methyl/N-ethyl adjacent to an activating group) is 1. The third-order valence-electron chi connectivity index (χ3n) is 6.13. The first-order valence-electron chi connectivity index (χ1n) is 11.6. The fraction of sp³-hybridized carbons (Fsp3) is 0.231. The van der Waals surface area contributed by atoms with Crippen molar-refractivity contribution in [1.29, 1.82) is 0 Å². The third kappa shape index (κ3) is 5.79. The molecule has 0 aromatic heterocycles. The Balaban J connectivity index is 1.87. The highest BCUT2D eigenvalue weighted by Crippen LogP contribution is 2.50. The van der Waals surface area contributed by atoms with E-state index in [1.54, 1.807) is 50.2 Å². The summed E-state index contributed by atoms with van der Waals surface area (Å²) < 4.78 is 73.5. The van der Waals surface area contributed by atoms with E-state index in [1.165, 1.54) is 36.5 Å². The van der Waals surface area contributed by atoms with Gasteiger partial charge in [-0.25, -0.2) is 0 Å². The van der Waals surface area contributed by atoms with Crippen LogP contribution in [0.5, 0.6) is 0 Å². The Morgan fingerprint density at radius 2 is 1.68 bits per heavy atom. The largest absolute Gasteiger partial charge is 0.406 e. The number of aryl methyl sites for hydroxylation is 1. The van der Waals surface area contributed by atoms with Crippen molar-refractivity contribution in [3.63, 3.8) is 0 Å². The van der Waals surface area contributed by atoms with Crippen LogP contribution in [-0.2, 0) is 14.4 Å². The van der Waals surface area contributed by atoms with Gasteiger partial charge in [-0.05, 0) is 44.2 Å². The van der Waals surface area contributed by atoms with E-state index in [4.69, 9.17) is 27.5 Å². The fourth-order valence-corrected chi connectivity index (χ4v) is 5.86. The normalized spacial score (nSPS) is 19.7. The molecule has 38 heavy (non-hydrogen) atoms. The quantitative estimate of drug-likeness (QED) is 0.281. The predicted molar refractivity (Wildman–Crippen MR) is 145 cm³/mol. The van der Waals surface area contributed by atoms with Crippen LogP contribution in [0.1, 0.15) is 12.5 Å². The van der Waals surface area contributed by atoms with Crippen LogP contribution < -0.4 is 14.9 Å². The number of fused-ring (bicyclic) bond motifs is 1. The van der Waals surface area contributed by atoms with Gasteiger partial charge in [-0.3, -0.25) is 0 Å². The first kappa shape index (κ1) is 28.3. The van der Waals surface area contributed by atoms with Crippen molar-refractivity contribution in [3.8, 4) is 0 Å². The van der Waals surface area contributed by atoms with Crippen LogP contribution in [0, 0.1) is 6.92 Å². The number of benzene rings is 3. The Kier molecular flexibility index (Phi) is 8.02. The molecule has 0 fully saturated rings. The van der Waals surface area contributed by atoms with E-state index in [0.717, 1.165) is 10.5 Å². The Bertz CT molecular complexity index is 1440. The Labute approximate surface area is 229 Å². The summed E-state index contributed by atoms with van der Waals surface area (Å²) in [5.74, 6) is 0. The second kappa shape index (κ2) is 10.8. The predicted octanol–water partition coefficient (Wildman–Crippen LogP) is 7.28. The standard InChI is InChI=1S/C26H25Cl2F3N3O3S/c1-3-34(37-38(35,36)20-11-9-18(2)10-12-20)24-16-22(28)21(27)15-23(24)33(17-26(29,30)31)25(34)13-14-32-19-7-5-4-6-8-19/h4-16,25,32H,3,17H2,1-2H3/q+1. The van der Waals surface area contributed by atoms with E-state index < -0.39 is 33.7 Å². The number of halogens is 5. The summed E-state index contributed by atoms with van der Waals surface area (Å²) >= 11 is 12.5. The molecule has 0 amide bonds. The van der Waals surface area contributed by atoms with Gasteiger partial charge < -0.3 is 10.2 Å². The molecule has 12 heteroatoms. The average molecular weight is 587 g/mol. The lowest BCUT2D eigenvalue weighted by atomic mass is 10.2. The van der Waals surface area contributed by atoms with Crippen LogP contribution in [0.2, 0.25) is 10.0 Å². The van der Waals surface area contributed by atoms with E-state index in [2.05, 4.69) is 5.32 Å². The number of alkyl halides is 3. The molecule has 3 aromatic carbocycles. The van der Waals surface area contributed by atoms with Gasteiger partial charge in [-0.2, -0.15) is 21.6 Å². The van der Waals surface area contributed by atoms with E-state index in [9.17, 15) is 21.6 Å². The summed E-state index contributed by atoms with van der Waals surface area (Å²) in [5.41, 5.74) is 1.72. The van der Waals surface area contributed by atoms with Gasteiger partial charge in [0.1, 0.15) is 18.8 Å². The molecule has 3 aromatic rings. The molecular weight excluding hydrogens is 562 g/mol. The number of nitrogens with one attached hydrogen (secondary N) is 1. The number of anilines is 2. The van der Waals surface area contributed by atoms with Crippen molar-refractivity contribution in [3.05, 3.63) is 94.6 Å². The highest BCUT2D eigenvalue weighted by Gasteiger charge is 2.57. The first-order valence-corrected chi connectivity index (χ1v) is 13.7. The molecule has 0 bridgehead atoms. The summed E-state index contributed by atoms with van der Waals surface area (Å²) in [6.07, 6.45) is -2.97. The molecule has 1 heterocycles. The number of para-hydroxylation sites is 1.